The Morgan fingerprint density at radius 3 is 2.11 bits per heavy atom. The van der Waals surface area contributed by atoms with E-state index in [1.807, 2.05) is 0 Å². The molecule has 0 unspecified atom stereocenters. The van der Waals surface area contributed by atoms with E-state index in [0.717, 1.165) is 0 Å². The van der Waals surface area contributed by atoms with Gasteiger partial charge in [0, 0.05) is 0 Å². The summed E-state index contributed by atoms with van der Waals surface area (Å²) in [5, 5.41) is 0. The minimum absolute atomic E-state index is 0. The molecule has 1 aliphatic rings. The minimum atomic E-state index is -3.86. The first-order valence-corrected chi connectivity index (χ1v) is 1.63. The van der Waals surface area contributed by atoms with Crippen LogP contribution in [0, 0.1) is 6.26 Å². The van der Waals surface area contributed by atoms with Crippen LogP contribution in [0.1, 0.15) is 0 Å². The molecule has 0 amide bonds. The van der Waals surface area contributed by atoms with E-state index in [1.165, 1.54) is 6.26 Å². The molecule has 0 aromatic carbocycles. The van der Waals surface area contributed by atoms with Crippen LogP contribution in [0.4, 0.5) is 13.2 Å². The molecular weight excluding hydrogens is 392 g/mol. The second-order valence-electron chi connectivity index (χ2n) is 1.04. The summed E-state index contributed by atoms with van der Waals surface area (Å²) < 4.78 is 40.6. The van der Waals surface area contributed by atoms with Gasteiger partial charge in [-0.15, -0.1) is 8.78 Å². The van der Waals surface area contributed by atoms with Gasteiger partial charge in [-0.3, -0.25) is 0 Å². The third-order valence-corrected chi connectivity index (χ3v) is 0.459. The first-order valence-electron chi connectivity index (χ1n) is 1.63. The zero-order valence-corrected chi connectivity index (χ0v) is 10.6. The van der Waals surface area contributed by atoms with Gasteiger partial charge < -0.3 is 9.47 Å². The van der Waals surface area contributed by atoms with E-state index >= 15 is 0 Å². The van der Waals surface area contributed by atoms with Crippen LogP contribution < -0.4 is 0 Å². The molecule has 1 heterocycles. The second-order valence-corrected chi connectivity index (χ2v) is 1.04. The summed E-state index contributed by atoms with van der Waals surface area (Å²) >= 11 is 0. The molecule has 48 valence electrons. The van der Waals surface area contributed by atoms with E-state index in [2.05, 4.69) is 9.47 Å². The summed E-state index contributed by atoms with van der Waals surface area (Å²) in [6.45, 7) is 0. The van der Waals surface area contributed by atoms with Crippen molar-refractivity contribution in [2.45, 2.75) is 6.29 Å². The van der Waals surface area contributed by atoms with Crippen molar-refractivity contribution in [2.75, 3.05) is 0 Å². The summed E-state index contributed by atoms with van der Waals surface area (Å²) in [5.41, 5.74) is 0. The van der Waals surface area contributed by atoms with Crippen LogP contribution in [0.2, 0.25) is 0 Å². The maximum absolute atomic E-state index is 11.4. The number of ether oxygens (including phenoxy) is 2. The van der Waals surface area contributed by atoms with Crippen molar-refractivity contribution in [1.29, 1.82) is 0 Å². The van der Waals surface area contributed by atoms with Gasteiger partial charge in [0.15, 0.2) is 0 Å². The van der Waals surface area contributed by atoms with Crippen LogP contribution in [0.15, 0.2) is 6.01 Å². The minimum Gasteiger partial charge on any atom is -0.604 e. The standard InChI is InChI=1S/C3F3O2.Rf/c4-2-1-7-3(5,6)8-2;/q-1;. The van der Waals surface area contributed by atoms with Gasteiger partial charge in [0.1, 0.15) is 6.01 Å². The summed E-state index contributed by atoms with van der Waals surface area (Å²) in [6.07, 6.45) is -2.67. The van der Waals surface area contributed by atoms with Gasteiger partial charge >= 0.3 is 6.29 Å². The molecule has 0 aromatic rings. The van der Waals surface area contributed by atoms with E-state index < -0.39 is 12.3 Å². The maximum atomic E-state index is 11.4. The molecule has 0 spiro atoms. The second kappa shape index (κ2) is 1.57. The summed E-state index contributed by atoms with van der Waals surface area (Å²) in [6, 6.07) is -1.53. The van der Waals surface area contributed by atoms with E-state index in [1.54, 1.807) is 0 Å². The van der Waals surface area contributed by atoms with E-state index in [-0.39, 0.29) is 0 Å². The van der Waals surface area contributed by atoms with Crippen LogP contribution in [0.5, 0.6) is 0 Å². The van der Waals surface area contributed by atoms with Gasteiger partial charge in [-0.1, -0.05) is 0 Å². The number of hydrogen-bond acceptors (Lipinski definition) is 2. The molecular formula is C3F3O2Rf-. The van der Waals surface area contributed by atoms with Crippen molar-refractivity contribution in [2.24, 2.45) is 0 Å². The molecule has 0 atom stereocenters. The molecule has 2 nitrogen and oxygen atoms in total. The Labute approximate surface area is 42.5 Å². The van der Waals surface area contributed by atoms with Gasteiger partial charge in [-0.25, -0.2) is 10.7 Å². The van der Waals surface area contributed by atoms with Crippen molar-refractivity contribution in [3.05, 3.63) is 12.3 Å². The number of hydrogen-bond donors (Lipinski definition) is 0. The van der Waals surface area contributed by atoms with Crippen LogP contribution >= 0.6 is 0 Å². The molecule has 0 N–H and O–H groups in total. The topological polar surface area (TPSA) is 18.5 Å². The fourth-order valence-corrected chi connectivity index (χ4v) is 0.246. The van der Waals surface area contributed by atoms with Crippen LogP contribution in [-0.4, -0.2) is 6.29 Å². The Balaban J connectivity index is 0.000000640. The summed E-state index contributed by atoms with van der Waals surface area (Å²) in [4.78, 5) is 0. The average molecular weight is 392 g/mol. The Kier molecular flexibility index (Phi) is 1.25. The Morgan fingerprint density at radius 2 is 2.00 bits per heavy atom. The predicted octanol–water partition coefficient (Wildman–Crippen LogP) is 1.16. The van der Waals surface area contributed by atoms with Gasteiger partial charge in [0.05, 0.1) is 0 Å². The van der Waals surface area contributed by atoms with E-state index in [4.69, 9.17) is 0 Å². The Morgan fingerprint density at radius 1 is 1.44 bits per heavy atom. The molecule has 0 aliphatic carbocycles. The Hall–Kier alpha value is -1.87. The van der Waals surface area contributed by atoms with Gasteiger partial charge in [-0.05, 0) is 0 Å². The number of rotatable bonds is 0. The van der Waals surface area contributed by atoms with Crippen molar-refractivity contribution >= 4 is 0 Å². The molecule has 0 saturated carbocycles. The molecule has 0 saturated heterocycles. The monoisotopic (exact) mass is 392 g/mol. The normalized spacial score (nSPS) is 21.0. The third-order valence-electron chi connectivity index (χ3n) is 0.459. The molecule has 1 aliphatic heterocycles. The van der Waals surface area contributed by atoms with Crippen molar-refractivity contribution in [1.82, 2.24) is 0 Å². The first kappa shape index (κ1) is 7.13. The van der Waals surface area contributed by atoms with Gasteiger partial charge in [0.25, 0.3) is 0 Å². The van der Waals surface area contributed by atoms with Crippen molar-refractivity contribution in [3.63, 3.8) is 0 Å². The Bertz CT molecular complexity index is 135. The SMILES string of the molecule is FC1=[C-]OC(F)(F)O1.[Rf]. The first-order chi connectivity index (χ1) is 3.60. The van der Waals surface area contributed by atoms with Crippen molar-refractivity contribution < 1.29 is 22.6 Å². The van der Waals surface area contributed by atoms with Crippen LogP contribution in [-0.2, 0) is 9.47 Å². The molecule has 0 bridgehead atoms. The summed E-state index contributed by atoms with van der Waals surface area (Å²) in [7, 11) is 0. The smallest absolute Gasteiger partial charge is 0.551 e. The molecule has 0 aromatic heterocycles. The predicted molar refractivity (Wildman–Crippen MR) is 15.0 cm³/mol. The number of halogens is 3. The number of alkyl halides is 2. The fraction of sp³-hybridized carbons (Fsp3) is 0.333. The van der Waals surface area contributed by atoms with Gasteiger partial charge in [0.2, 0.25) is 0 Å². The zero-order valence-electron chi connectivity index (χ0n) is 4.16. The largest absolute Gasteiger partial charge is 0.604 e. The van der Waals surface area contributed by atoms with E-state index in [0.29, 0.717) is 0 Å². The molecule has 9 heavy (non-hydrogen) atoms. The summed E-state index contributed by atoms with van der Waals surface area (Å²) in [5.74, 6) is 0. The zero-order chi connectivity index (χ0) is 6.20. The maximum Gasteiger partial charge on any atom is 0.551 e. The van der Waals surface area contributed by atoms with Gasteiger partial charge in [-0.2, -0.15) is 0 Å². The fourth-order valence-electron chi connectivity index (χ4n) is 0.246. The van der Waals surface area contributed by atoms with Crippen LogP contribution in [0.3, 0.4) is 0 Å². The quantitative estimate of drug-likeness (QED) is 0.577. The third kappa shape index (κ3) is 1.25. The molecule has 1 rings (SSSR count). The van der Waals surface area contributed by atoms with Crippen LogP contribution in [0.25, 0.3) is 0 Å². The molecule has 0 radical (unpaired) electrons. The average Bonchev–Trinajstić information content (AvgIpc) is 1.82. The van der Waals surface area contributed by atoms with Crippen molar-refractivity contribution in [3.8, 4) is 0 Å². The molecule has 0 fully saturated rings. The van der Waals surface area contributed by atoms with E-state index in [9.17, 15) is 13.2 Å². The molecule has 6 heteroatoms.